The number of hydrogen-bond donors (Lipinski definition) is 0. The number of fused-ring (bicyclic) bond motifs is 1. The first-order chi connectivity index (χ1) is 13.1. The Morgan fingerprint density at radius 3 is 2.63 bits per heavy atom. The molecule has 6 nitrogen and oxygen atoms in total. The molecule has 2 heterocycles. The normalized spacial score (nSPS) is 12.1. The van der Waals surface area contributed by atoms with Gasteiger partial charge in [0, 0.05) is 10.9 Å². The monoisotopic (exact) mass is 386 g/mol. The van der Waals surface area contributed by atoms with Gasteiger partial charge in [0.05, 0.1) is 25.4 Å². The van der Waals surface area contributed by atoms with Crippen molar-refractivity contribution in [2.24, 2.45) is 0 Å². The van der Waals surface area contributed by atoms with Gasteiger partial charge < -0.3 is 9.47 Å². The number of methoxy groups -OCH3 is 1. The van der Waals surface area contributed by atoms with Gasteiger partial charge in [-0.05, 0) is 30.5 Å². The second-order valence-electron chi connectivity index (χ2n) is 6.11. The first-order valence-corrected chi connectivity index (χ1v) is 9.78. The minimum absolute atomic E-state index is 0.236. The van der Waals surface area contributed by atoms with Crippen LogP contribution in [0.25, 0.3) is 21.3 Å². The van der Waals surface area contributed by atoms with Gasteiger partial charge in [0.15, 0.2) is 0 Å². The molecule has 0 aliphatic rings. The zero-order valence-electron chi connectivity index (χ0n) is 15.6. The first kappa shape index (κ1) is 19.1. The number of thiophene rings is 1. The quantitative estimate of drug-likeness (QED) is 0.573. The second-order valence-corrected chi connectivity index (χ2v) is 6.96. The van der Waals surface area contributed by atoms with Crippen LogP contribution in [-0.4, -0.2) is 29.2 Å². The fraction of sp³-hybridized carbons (Fsp3) is 0.350. The van der Waals surface area contributed by atoms with Crippen molar-refractivity contribution < 1.29 is 14.3 Å². The van der Waals surface area contributed by atoms with E-state index in [-0.39, 0.29) is 5.56 Å². The predicted octanol–water partition coefficient (Wildman–Crippen LogP) is 4.04. The van der Waals surface area contributed by atoms with Crippen LogP contribution in [0.2, 0.25) is 0 Å². The lowest BCUT2D eigenvalue weighted by molar-refractivity contribution is -0.144. The largest absolute Gasteiger partial charge is 0.494 e. The van der Waals surface area contributed by atoms with Gasteiger partial charge in [-0.2, -0.15) is 0 Å². The van der Waals surface area contributed by atoms with E-state index in [1.807, 2.05) is 36.6 Å². The van der Waals surface area contributed by atoms with Crippen molar-refractivity contribution in [1.29, 1.82) is 0 Å². The first-order valence-electron chi connectivity index (χ1n) is 8.90. The molecule has 142 valence electrons. The van der Waals surface area contributed by atoms with Crippen molar-refractivity contribution >= 4 is 27.5 Å². The molecule has 27 heavy (non-hydrogen) atoms. The summed E-state index contributed by atoms with van der Waals surface area (Å²) in [4.78, 5) is 30.2. The minimum Gasteiger partial charge on any atom is -0.494 e. The summed E-state index contributed by atoms with van der Waals surface area (Å²) < 4.78 is 11.8. The maximum Gasteiger partial charge on any atom is 0.329 e. The molecular formula is C20H22N2O4S. The van der Waals surface area contributed by atoms with Crippen LogP contribution >= 0.6 is 11.3 Å². The number of nitrogens with zero attached hydrogens (tertiary/aromatic N) is 2. The Morgan fingerprint density at radius 2 is 2.00 bits per heavy atom. The molecule has 0 saturated heterocycles. The highest BCUT2D eigenvalue weighted by Gasteiger charge is 2.23. The van der Waals surface area contributed by atoms with Gasteiger partial charge in [0.1, 0.15) is 16.6 Å². The van der Waals surface area contributed by atoms with Crippen LogP contribution in [0, 0.1) is 0 Å². The summed E-state index contributed by atoms with van der Waals surface area (Å²) in [5.74, 6) is 0.349. The Hall–Kier alpha value is -2.67. The number of carbonyl (C=O) groups is 1. The van der Waals surface area contributed by atoms with Crippen molar-refractivity contribution in [1.82, 2.24) is 9.55 Å². The summed E-state index contributed by atoms with van der Waals surface area (Å²) in [6, 6.07) is 6.97. The Labute approximate surface area is 161 Å². The number of aromatic nitrogens is 2. The number of hydrogen-bond acceptors (Lipinski definition) is 6. The topological polar surface area (TPSA) is 70.4 Å². The van der Waals surface area contributed by atoms with Crippen LogP contribution in [0.1, 0.15) is 32.7 Å². The lowest BCUT2D eigenvalue weighted by atomic mass is 10.1. The van der Waals surface area contributed by atoms with Crippen molar-refractivity contribution in [3.8, 4) is 16.9 Å². The smallest absolute Gasteiger partial charge is 0.329 e. The molecule has 0 bridgehead atoms. The maximum absolute atomic E-state index is 13.1. The lowest BCUT2D eigenvalue weighted by Crippen LogP contribution is -2.30. The Balaban J connectivity index is 2.06. The van der Waals surface area contributed by atoms with E-state index in [4.69, 9.17) is 9.47 Å². The molecule has 0 aliphatic carbocycles. The molecule has 1 aromatic carbocycles. The van der Waals surface area contributed by atoms with E-state index in [2.05, 4.69) is 11.9 Å². The molecule has 0 fully saturated rings. The third kappa shape index (κ3) is 3.73. The molecule has 0 saturated carbocycles. The zero-order valence-corrected chi connectivity index (χ0v) is 16.4. The summed E-state index contributed by atoms with van der Waals surface area (Å²) >= 11 is 1.41. The van der Waals surface area contributed by atoms with E-state index in [1.54, 1.807) is 0 Å². The molecule has 3 aromatic rings. The summed E-state index contributed by atoms with van der Waals surface area (Å²) in [7, 11) is 1.32. The van der Waals surface area contributed by atoms with Crippen molar-refractivity contribution in [2.75, 3.05) is 13.7 Å². The molecule has 0 N–H and O–H groups in total. The van der Waals surface area contributed by atoms with E-state index >= 15 is 0 Å². The molecule has 0 radical (unpaired) electrons. The summed E-state index contributed by atoms with van der Waals surface area (Å²) in [6.45, 7) is 4.56. The van der Waals surface area contributed by atoms with Crippen molar-refractivity contribution in [3.63, 3.8) is 0 Å². The summed E-state index contributed by atoms with van der Waals surface area (Å²) in [5, 5.41) is 2.44. The molecule has 0 unspecified atom stereocenters. The van der Waals surface area contributed by atoms with Crippen LogP contribution < -0.4 is 10.3 Å². The van der Waals surface area contributed by atoms with E-state index in [0.717, 1.165) is 23.3 Å². The third-order valence-electron chi connectivity index (χ3n) is 4.35. The molecule has 7 heteroatoms. The highest BCUT2D eigenvalue weighted by molar-refractivity contribution is 7.17. The van der Waals surface area contributed by atoms with Crippen LogP contribution in [0.4, 0.5) is 0 Å². The Morgan fingerprint density at radius 1 is 1.26 bits per heavy atom. The summed E-state index contributed by atoms with van der Waals surface area (Å²) in [6.07, 6.45) is 2.82. The number of carbonyl (C=O) groups excluding carboxylic acids is 1. The maximum atomic E-state index is 13.1. The van der Waals surface area contributed by atoms with Gasteiger partial charge in [-0.25, -0.2) is 9.78 Å². The average Bonchev–Trinajstić information content (AvgIpc) is 3.13. The predicted molar refractivity (Wildman–Crippen MR) is 106 cm³/mol. The van der Waals surface area contributed by atoms with E-state index in [0.29, 0.717) is 23.2 Å². The molecule has 2 aromatic heterocycles. The molecule has 0 spiro atoms. The Bertz CT molecular complexity index is 991. The molecule has 3 rings (SSSR count). The van der Waals surface area contributed by atoms with Gasteiger partial charge >= 0.3 is 5.97 Å². The standard InChI is InChI=1S/C20H22N2O4S/c1-4-10-26-14-8-6-13(7-9-14)15-11-27-18-17(15)19(23)22(12-21-18)16(5-2)20(24)25-3/h6-9,11-12,16H,4-5,10H2,1-3H3/t16-/m1/s1. The van der Waals surface area contributed by atoms with Crippen LogP contribution in [-0.2, 0) is 9.53 Å². The fourth-order valence-corrected chi connectivity index (χ4v) is 3.85. The van der Waals surface area contributed by atoms with Gasteiger partial charge in [-0.3, -0.25) is 9.36 Å². The number of rotatable bonds is 7. The minimum atomic E-state index is -0.683. The van der Waals surface area contributed by atoms with Crippen LogP contribution in [0.3, 0.4) is 0 Å². The lowest BCUT2D eigenvalue weighted by Gasteiger charge is -2.15. The number of esters is 1. The van der Waals surface area contributed by atoms with Crippen LogP contribution in [0.5, 0.6) is 5.75 Å². The zero-order chi connectivity index (χ0) is 19.4. The Kier molecular flexibility index (Phi) is 5.91. The molecule has 1 atom stereocenters. The number of benzene rings is 1. The fourth-order valence-electron chi connectivity index (χ4n) is 2.94. The van der Waals surface area contributed by atoms with Crippen molar-refractivity contribution in [3.05, 3.63) is 46.3 Å². The van der Waals surface area contributed by atoms with Gasteiger partial charge in [0.2, 0.25) is 0 Å². The van der Waals surface area contributed by atoms with Crippen molar-refractivity contribution in [2.45, 2.75) is 32.7 Å². The van der Waals surface area contributed by atoms with Gasteiger partial charge in [0.25, 0.3) is 5.56 Å². The van der Waals surface area contributed by atoms with E-state index in [1.165, 1.54) is 29.3 Å². The van der Waals surface area contributed by atoms with Crippen LogP contribution in [0.15, 0.2) is 40.8 Å². The third-order valence-corrected chi connectivity index (χ3v) is 5.24. The number of ether oxygens (including phenoxy) is 2. The SMILES string of the molecule is CCCOc1ccc(-c2csc3ncn([C@H](CC)C(=O)OC)c(=O)c23)cc1. The highest BCUT2D eigenvalue weighted by Crippen LogP contribution is 2.32. The average molecular weight is 386 g/mol. The highest BCUT2D eigenvalue weighted by atomic mass is 32.1. The van der Waals surface area contributed by atoms with Gasteiger partial charge in [-0.1, -0.05) is 26.0 Å². The second kappa shape index (κ2) is 8.35. The molecule has 0 aliphatic heterocycles. The van der Waals surface area contributed by atoms with Gasteiger partial charge in [-0.15, -0.1) is 11.3 Å². The van der Waals surface area contributed by atoms with E-state index in [9.17, 15) is 9.59 Å². The molecule has 0 amide bonds. The van der Waals surface area contributed by atoms with E-state index < -0.39 is 12.0 Å². The summed E-state index contributed by atoms with van der Waals surface area (Å²) in [5.41, 5.74) is 1.48. The molecular weight excluding hydrogens is 364 g/mol.